The van der Waals surface area contributed by atoms with Crippen LogP contribution in [0.3, 0.4) is 0 Å². The van der Waals surface area contributed by atoms with Gasteiger partial charge in [-0.25, -0.2) is 0 Å². The third-order valence-electron chi connectivity index (χ3n) is 6.82. The van der Waals surface area contributed by atoms with Gasteiger partial charge >= 0.3 is 0 Å². The molecule has 35 heavy (non-hydrogen) atoms. The number of nitrogens with two attached hydrogens (primary N) is 1. The van der Waals surface area contributed by atoms with E-state index in [1.54, 1.807) is 30.3 Å². The third-order valence-corrected chi connectivity index (χ3v) is 6.82. The first-order valence-electron chi connectivity index (χ1n) is 11.4. The van der Waals surface area contributed by atoms with Crippen molar-refractivity contribution in [3.8, 4) is 17.2 Å². The van der Waals surface area contributed by atoms with Crippen LogP contribution in [0.25, 0.3) is 0 Å². The molecular weight excluding hydrogens is 450 g/mol. The number of rotatable bonds is 9. The zero-order valence-electron chi connectivity index (χ0n) is 19.9. The predicted molar refractivity (Wildman–Crippen MR) is 131 cm³/mol. The minimum absolute atomic E-state index is 0.00306. The van der Waals surface area contributed by atoms with Gasteiger partial charge in [0.2, 0.25) is 0 Å². The van der Waals surface area contributed by atoms with E-state index in [9.17, 15) is 35.7 Å². The van der Waals surface area contributed by atoms with Crippen LogP contribution in [0.15, 0.2) is 36.4 Å². The number of aromatic hydroxyl groups is 3. The highest BCUT2D eigenvalue weighted by Crippen LogP contribution is 2.45. The average Bonchev–Trinajstić information content (AvgIpc) is 2.88. The summed E-state index contributed by atoms with van der Waals surface area (Å²) in [5.74, 6) is -0.306. The molecule has 0 saturated heterocycles. The number of phenols is 3. The van der Waals surface area contributed by atoms with Gasteiger partial charge in [-0.2, -0.15) is 0 Å². The van der Waals surface area contributed by atoms with Crippen LogP contribution in [0.5, 0.6) is 17.2 Å². The molecule has 0 heterocycles. The van der Waals surface area contributed by atoms with Crippen LogP contribution >= 0.6 is 0 Å². The molecule has 0 aliphatic heterocycles. The summed E-state index contributed by atoms with van der Waals surface area (Å²) in [6.45, 7) is 2.01. The lowest BCUT2D eigenvalue weighted by Gasteiger charge is -2.34. The van der Waals surface area contributed by atoms with Crippen molar-refractivity contribution in [3.63, 3.8) is 0 Å². The van der Waals surface area contributed by atoms with Crippen LogP contribution in [-0.4, -0.2) is 35.7 Å². The quantitative estimate of drug-likeness (QED) is 0.214. The number of aliphatic hydroxyl groups excluding tert-OH is 4. The molecule has 3 aromatic rings. The summed E-state index contributed by atoms with van der Waals surface area (Å²) in [5.41, 5.74) is 8.81. The fourth-order valence-corrected chi connectivity index (χ4v) is 4.55. The maximum absolute atomic E-state index is 10.6. The van der Waals surface area contributed by atoms with Crippen molar-refractivity contribution in [1.29, 1.82) is 0 Å². The van der Waals surface area contributed by atoms with Crippen LogP contribution in [0.4, 0.5) is 0 Å². The van der Waals surface area contributed by atoms with Crippen molar-refractivity contribution >= 4 is 0 Å². The lowest BCUT2D eigenvalue weighted by atomic mass is 9.69. The second kappa shape index (κ2) is 10.6. The topological polar surface area (TPSA) is 168 Å². The predicted octanol–water partition coefficient (Wildman–Crippen LogP) is 2.15. The van der Waals surface area contributed by atoms with E-state index in [2.05, 4.69) is 0 Å². The second-order valence-electron chi connectivity index (χ2n) is 8.74. The fourth-order valence-electron chi connectivity index (χ4n) is 4.55. The van der Waals surface area contributed by atoms with Crippen LogP contribution in [-0.2, 0) is 44.8 Å². The molecule has 1 unspecified atom stereocenters. The molecule has 0 radical (unpaired) electrons. The molecule has 0 aliphatic rings. The zero-order chi connectivity index (χ0) is 25.9. The highest BCUT2D eigenvalue weighted by Gasteiger charge is 2.35. The molecule has 188 valence electrons. The van der Waals surface area contributed by atoms with Crippen LogP contribution < -0.4 is 5.73 Å². The summed E-state index contributed by atoms with van der Waals surface area (Å²) >= 11 is 0. The lowest BCUT2D eigenvalue weighted by molar-refractivity contribution is 0.263. The Labute approximate surface area is 204 Å². The Morgan fingerprint density at radius 3 is 1.17 bits per heavy atom. The van der Waals surface area contributed by atoms with Crippen molar-refractivity contribution in [1.82, 2.24) is 0 Å². The molecule has 0 saturated carbocycles. The Morgan fingerprint density at radius 2 is 0.857 bits per heavy atom. The van der Waals surface area contributed by atoms with Crippen LogP contribution in [0.2, 0.25) is 0 Å². The summed E-state index contributed by atoms with van der Waals surface area (Å²) < 4.78 is 0. The molecule has 3 aromatic carbocycles. The molecule has 3 rings (SSSR count). The number of hydrogen-bond donors (Lipinski definition) is 8. The van der Waals surface area contributed by atoms with Crippen LogP contribution in [0.1, 0.15) is 63.9 Å². The van der Waals surface area contributed by atoms with Gasteiger partial charge in [-0.05, 0) is 65.9 Å². The smallest absolute Gasteiger partial charge is 0.126 e. The van der Waals surface area contributed by atoms with Crippen molar-refractivity contribution in [2.45, 2.75) is 58.7 Å². The van der Waals surface area contributed by atoms with Crippen molar-refractivity contribution in [2.75, 3.05) is 0 Å². The van der Waals surface area contributed by atoms with Gasteiger partial charge in [0.15, 0.2) is 0 Å². The summed E-state index contributed by atoms with van der Waals surface area (Å²) in [7, 11) is 0. The Bertz CT molecular complexity index is 998. The minimum Gasteiger partial charge on any atom is -0.507 e. The minimum atomic E-state index is -1.04. The van der Waals surface area contributed by atoms with E-state index in [-0.39, 0.29) is 40.5 Å². The maximum atomic E-state index is 10.6. The third kappa shape index (κ3) is 4.59. The molecule has 8 nitrogen and oxygen atoms in total. The first-order chi connectivity index (χ1) is 16.7. The standard InChI is InChI=1S/C27H33NO7/c1-3-15-4-21(6-17(11-29)24(15)33)27(2,22-5-16(10-28)25(34)18(7-22)12-30)23-8-19(13-31)26(35)20(9-23)14-32/h4-9,29-35H,3,10-14,28H2,1-2H3. The second-order valence-corrected chi connectivity index (χ2v) is 8.74. The summed E-state index contributed by atoms with van der Waals surface area (Å²) in [4.78, 5) is 0. The summed E-state index contributed by atoms with van der Waals surface area (Å²) in [6, 6.07) is 10.1. The highest BCUT2D eigenvalue weighted by atomic mass is 16.3. The van der Waals surface area contributed by atoms with Gasteiger partial charge in [0.1, 0.15) is 17.2 Å². The first-order valence-corrected chi connectivity index (χ1v) is 11.4. The average molecular weight is 484 g/mol. The molecule has 0 amide bonds. The van der Waals surface area contributed by atoms with E-state index < -0.39 is 31.8 Å². The Kier molecular flexibility index (Phi) is 8.04. The van der Waals surface area contributed by atoms with Crippen molar-refractivity contribution in [3.05, 3.63) is 86.5 Å². The lowest BCUT2D eigenvalue weighted by Crippen LogP contribution is -2.27. The SMILES string of the molecule is CCc1cc(C(C)(c2cc(CN)c(O)c(CO)c2)c2cc(CO)c(O)c(CO)c2)cc(CO)c1O. The molecule has 0 fully saturated rings. The van der Waals surface area contributed by atoms with Crippen LogP contribution in [0, 0.1) is 0 Å². The molecular formula is C27H33NO7. The Hall–Kier alpha value is -3.14. The van der Waals surface area contributed by atoms with E-state index in [0.717, 1.165) is 0 Å². The summed E-state index contributed by atoms with van der Waals surface area (Å²) in [6.07, 6.45) is 0.494. The van der Waals surface area contributed by atoms with Gasteiger partial charge in [-0.15, -0.1) is 0 Å². The monoisotopic (exact) mass is 483 g/mol. The van der Waals surface area contributed by atoms with Gasteiger partial charge in [-0.1, -0.05) is 13.0 Å². The normalized spacial score (nSPS) is 13.1. The Morgan fingerprint density at radius 1 is 0.571 bits per heavy atom. The molecule has 0 bridgehead atoms. The maximum Gasteiger partial charge on any atom is 0.126 e. The molecule has 8 heteroatoms. The van der Waals surface area contributed by atoms with Gasteiger partial charge in [0, 0.05) is 39.8 Å². The fraction of sp³-hybridized carbons (Fsp3) is 0.333. The van der Waals surface area contributed by atoms with Gasteiger partial charge in [0.25, 0.3) is 0 Å². The van der Waals surface area contributed by atoms with E-state index in [1.807, 2.05) is 19.9 Å². The molecule has 0 aromatic heterocycles. The van der Waals surface area contributed by atoms with E-state index in [4.69, 9.17) is 5.73 Å². The summed E-state index contributed by atoms with van der Waals surface area (Å²) in [5, 5.41) is 71.1. The number of aliphatic hydroxyl groups is 4. The molecule has 9 N–H and O–H groups in total. The van der Waals surface area contributed by atoms with E-state index >= 15 is 0 Å². The number of hydrogen-bond acceptors (Lipinski definition) is 8. The molecule has 1 atom stereocenters. The molecule has 0 spiro atoms. The van der Waals surface area contributed by atoms with E-state index in [1.165, 1.54) is 0 Å². The van der Waals surface area contributed by atoms with Gasteiger partial charge < -0.3 is 41.5 Å². The largest absolute Gasteiger partial charge is 0.507 e. The zero-order valence-corrected chi connectivity index (χ0v) is 19.9. The van der Waals surface area contributed by atoms with Crippen molar-refractivity contribution < 1.29 is 35.7 Å². The highest BCUT2D eigenvalue weighted by molar-refractivity contribution is 5.59. The van der Waals surface area contributed by atoms with Crippen molar-refractivity contribution in [2.24, 2.45) is 5.73 Å². The number of benzene rings is 3. The number of aryl methyl sites for hydroxylation is 1. The van der Waals surface area contributed by atoms with Gasteiger partial charge in [0.05, 0.1) is 26.4 Å². The first kappa shape index (κ1) is 26.5. The Balaban J connectivity index is 2.49. The molecule has 0 aliphatic carbocycles. The van der Waals surface area contributed by atoms with Gasteiger partial charge in [-0.3, -0.25) is 0 Å². The van der Waals surface area contributed by atoms with E-state index in [0.29, 0.717) is 39.8 Å².